The van der Waals surface area contributed by atoms with Crippen LogP contribution in [0.4, 0.5) is 0 Å². The molecule has 0 saturated heterocycles. The van der Waals surface area contributed by atoms with Crippen LogP contribution in [0.2, 0.25) is 5.02 Å². The average molecular weight is 450 g/mol. The molecule has 2 amide bonds. The maximum absolute atomic E-state index is 12.0. The number of hydrogen-bond donors (Lipinski definition) is 3. The first-order valence-electron chi connectivity index (χ1n) is 8.59. The van der Waals surface area contributed by atoms with Crippen molar-refractivity contribution in [2.75, 3.05) is 20.8 Å². The van der Waals surface area contributed by atoms with Crippen LogP contribution in [0.25, 0.3) is 6.08 Å². The number of hydrazine groups is 1. The number of benzene rings is 2. The Morgan fingerprint density at radius 1 is 1.03 bits per heavy atom. The van der Waals surface area contributed by atoms with Gasteiger partial charge in [-0.05, 0) is 60.3 Å². The molecule has 0 atom stereocenters. The summed E-state index contributed by atoms with van der Waals surface area (Å²) >= 11 is 10.7. The lowest BCUT2D eigenvalue weighted by Gasteiger charge is -2.10. The number of carbonyl (C=O) groups is 2. The van der Waals surface area contributed by atoms with Crippen molar-refractivity contribution in [2.45, 2.75) is 0 Å². The van der Waals surface area contributed by atoms with E-state index in [4.69, 9.17) is 38.0 Å². The number of ether oxygens (including phenoxy) is 3. The maximum Gasteiger partial charge on any atom is 0.276 e. The summed E-state index contributed by atoms with van der Waals surface area (Å²) in [5.74, 6) is 0.656. The van der Waals surface area contributed by atoms with E-state index in [1.54, 1.807) is 48.5 Å². The standard InChI is InChI=1S/C20H20ClN3O5S/c1-27-16-9-3-13(11-17(16)28-2)4-10-18(25)22-20(30)24-23-19(26)12-29-15-7-5-14(21)6-8-15/h3-11H,12H2,1-2H3,(H,23,26)(H2,22,24,25,30). The molecular formula is C20H20ClN3O5S. The van der Waals surface area contributed by atoms with E-state index >= 15 is 0 Å². The van der Waals surface area contributed by atoms with Gasteiger partial charge in [0.05, 0.1) is 14.2 Å². The van der Waals surface area contributed by atoms with Crippen LogP contribution in [0.3, 0.4) is 0 Å². The monoisotopic (exact) mass is 449 g/mol. The minimum atomic E-state index is -0.484. The highest BCUT2D eigenvalue weighted by atomic mass is 35.5. The Morgan fingerprint density at radius 3 is 2.40 bits per heavy atom. The molecule has 0 fully saturated rings. The van der Waals surface area contributed by atoms with Gasteiger partial charge in [-0.15, -0.1) is 0 Å². The third-order valence-corrected chi connectivity index (χ3v) is 4.03. The van der Waals surface area contributed by atoms with E-state index < -0.39 is 11.8 Å². The summed E-state index contributed by atoms with van der Waals surface area (Å²) in [7, 11) is 3.06. The highest BCUT2D eigenvalue weighted by Crippen LogP contribution is 2.27. The summed E-state index contributed by atoms with van der Waals surface area (Å²) in [6.07, 6.45) is 2.87. The number of halogens is 1. The first kappa shape index (κ1) is 23.0. The number of carbonyl (C=O) groups excluding carboxylic acids is 2. The van der Waals surface area contributed by atoms with E-state index in [1.807, 2.05) is 0 Å². The SMILES string of the molecule is COc1ccc(C=CC(=O)NC(=S)NNC(=O)COc2ccc(Cl)cc2)cc1OC. The molecule has 0 bridgehead atoms. The predicted octanol–water partition coefficient (Wildman–Crippen LogP) is 2.47. The summed E-state index contributed by atoms with van der Waals surface area (Å²) in [5.41, 5.74) is 5.47. The van der Waals surface area contributed by atoms with Crippen LogP contribution < -0.4 is 30.4 Å². The quantitative estimate of drug-likeness (QED) is 0.339. The number of amides is 2. The van der Waals surface area contributed by atoms with Crippen molar-refractivity contribution in [3.8, 4) is 17.2 Å². The Balaban J connectivity index is 1.74. The Morgan fingerprint density at radius 2 is 1.73 bits per heavy atom. The molecule has 10 heteroatoms. The van der Waals surface area contributed by atoms with E-state index in [0.29, 0.717) is 22.3 Å². The third kappa shape index (κ3) is 7.61. The molecule has 0 spiro atoms. The van der Waals surface area contributed by atoms with E-state index in [-0.39, 0.29) is 11.7 Å². The Bertz CT molecular complexity index is 935. The predicted molar refractivity (Wildman–Crippen MR) is 118 cm³/mol. The van der Waals surface area contributed by atoms with Crippen LogP contribution in [0.1, 0.15) is 5.56 Å². The van der Waals surface area contributed by atoms with Gasteiger partial charge in [-0.2, -0.15) is 0 Å². The van der Waals surface area contributed by atoms with Gasteiger partial charge < -0.3 is 14.2 Å². The fourth-order valence-electron chi connectivity index (χ4n) is 2.16. The van der Waals surface area contributed by atoms with Crippen molar-refractivity contribution >= 4 is 46.8 Å². The fraction of sp³-hybridized carbons (Fsp3) is 0.150. The van der Waals surface area contributed by atoms with Gasteiger partial charge in [0, 0.05) is 11.1 Å². The Labute approximate surface area is 184 Å². The van der Waals surface area contributed by atoms with Crippen molar-refractivity contribution < 1.29 is 23.8 Å². The smallest absolute Gasteiger partial charge is 0.276 e. The molecule has 0 heterocycles. The summed E-state index contributed by atoms with van der Waals surface area (Å²) in [6.45, 7) is -0.246. The molecule has 0 saturated carbocycles. The second-order valence-corrected chi connectivity index (χ2v) is 6.53. The van der Waals surface area contributed by atoms with E-state index in [0.717, 1.165) is 5.56 Å². The maximum atomic E-state index is 12.0. The molecule has 0 unspecified atom stereocenters. The highest BCUT2D eigenvalue weighted by Gasteiger charge is 2.06. The number of hydrogen-bond acceptors (Lipinski definition) is 6. The van der Waals surface area contributed by atoms with Crippen molar-refractivity contribution in [1.29, 1.82) is 0 Å². The van der Waals surface area contributed by atoms with E-state index in [2.05, 4.69) is 16.2 Å². The second-order valence-electron chi connectivity index (χ2n) is 5.68. The number of rotatable bonds is 7. The second kappa shape index (κ2) is 11.6. The van der Waals surface area contributed by atoms with Crippen LogP contribution in [-0.2, 0) is 9.59 Å². The molecule has 3 N–H and O–H groups in total. The van der Waals surface area contributed by atoms with Crippen molar-refractivity contribution in [3.63, 3.8) is 0 Å². The molecule has 0 aromatic heterocycles. The minimum Gasteiger partial charge on any atom is -0.493 e. The summed E-state index contributed by atoms with van der Waals surface area (Å²) in [5, 5.41) is 2.90. The van der Waals surface area contributed by atoms with Crippen LogP contribution in [-0.4, -0.2) is 37.8 Å². The Kier molecular flexibility index (Phi) is 8.92. The first-order valence-corrected chi connectivity index (χ1v) is 9.38. The molecule has 2 aromatic rings. The first-order chi connectivity index (χ1) is 14.4. The summed E-state index contributed by atoms with van der Waals surface area (Å²) in [6, 6.07) is 11.8. The molecule has 0 aliphatic rings. The van der Waals surface area contributed by atoms with Crippen LogP contribution in [0, 0.1) is 0 Å². The minimum absolute atomic E-state index is 0.0724. The van der Waals surface area contributed by atoms with Crippen LogP contribution >= 0.6 is 23.8 Å². The van der Waals surface area contributed by atoms with Gasteiger partial charge in [0.1, 0.15) is 5.75 Å². The van der Waals surface area contributed by atoms with Gasteiger partial charge in [0.25, 0.3) is 5.91 Å². The van der Waals surface area contributed by atoms with Gasteiger partial charge in [-0.1, -0.05) is 17.7 Å². The molecule has 0 aliphatic carbocycles. The lowest BCUT2D eigenvalue weighted by Crippen LogP contribution is -2.49. The fourth-order valence-corrected chi connectivity index (χ4v) is 2.43. The largest absolute Gasteiger partial charge is 0.493 e. The van der Waals surface area contributed by atoms with Gasteiger partial charge in [-0.3, -0.25) is 25.8 Å². The zero-order valence-electron chi connectivity index (χ0n) is 16.2. The van der Waals surface area contributed by atoms with Crippen LogP contribution in [0.15, 0.2) is 48.5 Å². The third-order valence-electron chi connectivity index (χ3n) is 3.57. The number of nitrogens with one attached hydrogen (secondary N) is 3. The number of methoxy groups -OCH3 is 2. The molecule has 30 heavy (non-hydrogen) atoms. The molecule has 0 aliphatic heterocycles. The van der Waals surface area contributed by atoms with Gasteiger partial charge in [0.15, 0.2) is 23.2 Å². The van der Waals surface area contributed by atoms with Crippen molar-refractivity contribution in [2.24, 2.45) is 0 Å². The molecule has 158 valence electrons. The topological polar surface area (TPSA) is 97.9 Å². The van der Waals surface area contributed by atoms with Gasteiger partial charge in [-0.25, -0.2) is 0 Å². The zero-order chi connectivity index (χ0) is 21.9. The Hall–Kier alpha value is -3.30. The summed E-state index contributed by atoms with van der Waals surface area (Å²) in [4.78, 5) is 23.7. The van der Waals surface area contributed by atoms with Gasteiger partial charge >= 0.3 is 0 Å². The number of thiocarbonyl (C=S) groups is 1. The molecule has 8 nitrogen and oxygen atoms in total. The van der Waals surface area contributed by atoms with Crippen LogP contribution in [0.5, 0.6) is 17.2 Å². The zero-order valence-corrected chi connectivity index (χ0v) is 17.8. The van der Waals surface area contributed by atoms with Crippen molar-refractivity contribution in [3.05, 3.63) is 59.1 Å². The lowest BCUT2D eigenvalue weighted by atomic mass is 10.2. The normalized spacial score (nSPS) is 10.2. The summed E-state index contributed by atoms with van der Waals surface area (Å²) < 4.78 is 15.7. The molecule has 0 radical (unpaired) electrons. The van der Waals surface area contributed by atoms with Gasteiger partial charge in [0.2, 0.25) is 5.91 Å². The molecule has 2 rings (SSSR count). The van der Waals surface area contributed by atoms with E-state index in [1.165, 1.54) is 20.3 Å². The van der Waals surface area contributed by atoms with Crippen molar-refractivity contribution in [1.82, 2.24) is 16.2 Å². The van der Waals surface area contributed by atoms with E-state index in [9.17, 15) is 9.59 Å². The molecule has 2 aromatic carbocycles. The lowest BCUT2D eigenvalue weighted by molar-refractivity contribution is -0.123. The highest BCUT2D eigenvalue weighted by molar-refractivity contribution is 7.80. The average Bonchev–Trinajstić information content (AvgIpc) is 2.75. The molecular weight excluding hydrogens is 430 g/mol.